The van der Waals surface area contributed by atoms with Crippen molar-refractivity contribution in [1.29, 1.82) is 5.26 Å². The summed E-state index contributed by atoms with van der Waals surface area (Å²) in [6, 6.07) is 1.90. The Morgan fingerprint density at radius 2 is 2.28 bits per heavy atom. The molecule has 1 aliphatic heterocycles. The highest BCUT2D eigenvalue weighted by atomic mass is 16.5. The Bertz CT molecular complexity index is 357. The highest BCUT2D eigenvalue weighted by Gasteiger charge is 2.18. The number of rotatable bonds is 4. The SMILES string of the molecule is CC(C)(C)NC(=O)/C(C#N)=C\NCC1CCCO1. The van der Waals surface area contributed by atoms with Crippen molar-refractivity contribution in [1.82, 2.24) is 10.6 Å². The molecule has 18 heavy (non-hydrogen) atoms. The first kappa shape index (κ1) is 14.5. The average molecular weight is 251 g/mol. The molecule has 2 N–H and O–H groups in total. The molecule has 5 heteroatoms. The van der Waals surface area contributed by atoms with Gasteiger partial charge in [0.15, 0.2) is 0 Å². The molecule has 0 saturated carbocycles. The van der Waals surface area contributed by atoms with Gasteiger partial charge in [0.2, 0.25) is 0 Å². The van der Waals surface area contributed by atoms with Crippen LogP contribution in [0.4, 0.5) is 0 Å². The number of nitrogens with zero attached hydrogens (tertiary/aromatic N) is 1. The summed E-state index contributed by atoms with van der Waals surface area (Å²) in [5.74, 6) is -0.357. The molecule has 0 radical (unpaired) electrons. The lowest BCUT2D eigenvalue weighted by molar-refractivity contribution is -0.118. The van der Waals surface area contributed by atoms with Gasteiger partial charge in [-0.25, -0.2) is 0 Å². The maximum absolute atomic E-state index is 11.7. The van der Waals surface area contributed by atoms with Gasteiger partial charge in [-0.2, -0.15) is 5.26 Å². The van der Waals surface area contributed by atoms with Crippen LogP contribution in [0.15, 0.2) is 11.8 Å². The van der Waals surface area contributed by atoms with Crippen molar-refractivity contribution in [2.45, 2.75) is 45.3 Å². The van der Waals surface area contributed by atoms with E-state index in [9.17, 15) is 4.79 Å². The quantitative estimate of drug-likeness (QED) is 0.579. The molecular weight excluding hydrogens is 230 g/mol. The molecule has 1 atom stereocenters. The van der Waals surface area contributed by atoms with E-state index < -0.39 is 0 Å². The normalized spacial score (nSPS) is 20.3. The minimum absolute atomic E-state index is 0.0860. The molecule has 0 aromatic heterocycles. The number of ether oxygens (including phenoxy) is 1. The number of amides is 1. The highest BCUT2D eigenvalue weighted by molar-refractivity contribution is 5.97. The van der Waals surface area contributed by atoms with Gasteiger partial charge in [0, 0.05) is 24.9 Å². The summed E-state index contributed by atoms with van der Waals surface area (Å²) in [4.78, 5) is 11.7. The van der Waals surface area contributed by atoms with E-state index >= 15 is 0 Å². The number of hydrogen-bond donors (Lipinski definition) is 2. The largest absolute Gasteiger partial charge is 0.387 e. The first-order chi connectivity index (χ1) is 8.42. The first-order valence-electron chi connectivity index (χ1n) is 6.20. The number of nitriles is 1. The van der Waals surface area contributed by atoms with Crippen molar-refractivity contribution in [3.63, 3.8) is 0 Å². The van der Waals surface area contributed by atoms with Crippen molar-refractivity contribution in [3.05, 3.63) is 11.8 Å². The maximum Gasteiger partial charge on any atom is 0.263 e. The van der Waals surface area contributed by atoms with Crippen molar-refractivity contribution < 1.29 is 9.53 Å². The summed E-state index contributed by atoms with van der Waals surface area (Å²) < 4.78 is 5.43. The van der Waals surface area contributed by atoms with Crippen LogP contribution in [0.5, 0.6) is 0 Å². The monoisotopic (exact) mass is 251 g/mol. The van der Waals surface area contributed by atoms with Crippen LogP contribution in [0.1, 0.15) is 33.6 Å². The average Bonchev–Trinajstić information content (AvgIpc) is 2.74. The molecule has 5 nitrogen and oxygen atoms in total. The lowest BCUT2D eigenvalue weighted by Gasteiger charge is -2.20. The molecule has 1 fully saturated rings. The molecule has 0 aromatic rings. The molecular formula is C13H21N3O2. The summed E-state index contributed by atoms with van der Waals surface area (Å²) in [5, 5.41) is 14.7. The summed E-state index contributed by atoms with van der Waals surface area (Å²) in [6.07, 6.45) is 3.75. The van der Waals surface area contributed by atoms with Gasteiger partial charge in [-0.05, 0) is 33.6 Å². The van der Waals surface area contributed by atoms with Crippen molar-refractivity contribution in [2.75, 3.05) is 13.2 Å². The molecule has 1 rings (SSSR count). The van der Waals surface area contributed by atoms with Gasteiger partial charge in [0.05, 0.1) is 6.10 Å². The van der Waals surface area contributed by atoms with Crippen LogP contribution in [-0.2, 0) is 9.53 Å². The fourth-order valence-electron chi connectivity index (χ4n) is 1.65. The molecule has 0 aliphatic carbocycles. The first-order valence-corrected chi connectivity index (χ1v) is 6.20. The van der Waals surface area contributed by atoms with Gasteiger partial charge in [0.25, 0.3) is 5.91 Å². The Morgan fingerprint density at radius 3 is 2.78 bits per heavy atom. The molecule has 1 heterocycles. The third-order valence-electron chi connectivity index (χ3n) is 2.47. The molecule has 0 spiro atoms. The van der Waals surface area contributed by atoms with Crippen LogP contribution < -0.4 is 10.6 Å². The fraction of sp³-hybridized carbons (Fsp3) is 0.692. The summed E-state index contributed by atoms with van der Waals surface area (Å²) in [5.41, 5.74) is -0.260. The zero-order chi connectivity index (χ0) is 13.6. The number of carbonyl (C=O) groups excluding carboxylic acids is 1. The number of hydrogen-bond acceptors (Lipinski definition) is 4. The van der Waals surface area contributed by atoms with Crippen LogP contribution in [0.3, 0.4) is 0 Å². The Morgan fingerprint density at radius 1 is 1.56 bits per heavy atom. The van der Waals surface area contributed by atoms with Crippen LogP contribution in [-0.4, -0.2) is 30.7 Å². The second-order valence-electron chi connectivity index (χ2n) is 5.42. The van der Waals surface area contributed by atoms with Gasteiger partial charge in [0.1, 0.15) is 11.6 Å². The van der Waals surface area contributed by atoms with Gasteiger partial charge >= 0.3 is 0 Å². The summed E-state index contributed by atoms with van der Waals surface area (Å²) in [7, 11) is 0. The standard InChI is InChI=1S/C13H21N3O2/c1-13(2,3)16-12(17)10(7-14)8-15-9-11-5-4-6-18-11/h8,11,15H,4-6,9H2,1-3H3,(H,16,17)/b10-8-. The molecule has 0 aromatic carbocycles. The molecule has 0 bridgehead atoms. The zero-order valence-electron chi connectivity index (χ0n) is 11.2. The Kier molecular flexibility index (Phi) is 5.17. The predicted octanol–water partition coefficient (Wildman–Crippen LogP) is 1.08. The van der Waals surface area contributed by atoms with E-state index in [1.165, 1.54) is 6.20 Å². The van der Waals surface area contributed by atoms with Crippen LogP contribution >= 0.6 is 0 Å². The molecule has 1 saturated heterocycles. The van der Waals surface area contributed by atoms with Crippen LogP contribution in [0, 0.1) is 11.3 Å². The van der Waals surface area contributed by atoms with E-state index in [0.29, 0.717) is 6.54 Å². The van der Waals surface area contributed by atoms with Crippen LogP contribution in [0.2, 0.25) is 0 Å². The summed E-state index contributed by atoms with van der Waals surface area (Å²) >= 11 is 0. The van der Waals surface area contributed by atoms with Crippen molar-refractivity contribution in [3.8, 4) is 6.07 Å². The topological polar surface area (TPSA) is 74.2 Å². The van der Waals surface area contributed by atoms with E-state index in [0.717, 1.165) is 19.4 Å². The minimum atomic E-state index is -0.357. The lowest BCUT2D eigenvalue weighted by atomic mass is 10.1. The third-order valence-corrected chi connectivity index (χ3v) is 2.47. The smallest absolute Gasteiger partial charge is 0.263 e. The Balaban J connectivity index is 2.44. The van der Waals surface area contributed by atoms with Crippen molar-refractivity contribution in [2.24, 2.45) is 0 Å². The maximum atomic E-state index is 11.7. The highest BCUT2D eigenvalue weighted by Crippen LogP contribution is 2.10. The molecule has 1 aliphatic rings. The van der Waals surface area contributed by atoms with Gasteiger partial charge in [-0.1, -0.05) is 0 Å². The predicted molar refractivity (Wildman–Crippen MR) is 68.6 cm³/mol. The summed E-state index contributed by atoms with van der Waals surface area (Å²) in [6.45, 7) is 7.05. The van der Waals surface area contributed by atoms with Gasteiger partial charge < -0.3 is 15.4 Å². The van der Waals surface area contributed by atoms with E-state index in [2.05, 4.69) is 10.6 Å². The lowest BCUT2D eigenvalue weighted by Crippen LogP contribution is -2.41. The molecule has 100 valence electrons. The Hall–Kier alpha value is -1.54. The van der Waals surface area contributed by atoms with E-state index in [1.807, 2.05) is 26.8 Å². The van der Waals surface area contributed by atoms with E-state index in [1.54, 1.807) is 0 Å². The fourth-order valence-corrected chi connectivity index (χ4v) is 1.65. The zero-order valence-corrected chi connectivity index (χ0v) is 11.2. The Labute approximate surface area is 108 Å². The second-order valence-corrected chi connectivity index (χ2v) is 5.42. The van der Waals surface area contributed by atoms with Gasteiger partial charge in [-0.15, -0.1) is 0 Å². The van der Waals surface area contributed by atoms with E-state index in [-0.39, 0.29) is 23.1 Å². The van der Waals surface area contributed by atoms with Crippen LogP contribution in [0.25, 0.3) is 0 Å². The van der Waals surface area contributed by atoms with Crippen molar-refractivity contribution >= 4 is 5.91 Å². The van der Waals surface area contributed by atoms with E-state index in [4.69, 9.17) is 10.00 Å². The third kappa shape index (κ3) is 5.19. The number of nitrogens with one attached hydrogen (secondary N) is 2. The molecule has 1 amide bonds. The second kappa shape index (κ2) is 6.41. The van der Waals surface area contributed by atoms with Gasteiger partial charge in [-0.3, -0.25) is 4.79 Å². The number of carbonyl (C=O) groups is 1. The minimum Gasteiger partial charge on any atom is -0.387 e. The molecule has 1 unspecified atom stereocenters.